The van der Waals surface area contributed by atoms with Crippen LogP contribution < -0.4 is 15.4 Å². The van der Waals surface area contributed by atoms with Gasteiger partial charge < -0.3 is 20.3 Å². The van der Waals surface area contributed by atoms with Crippen LogP contribution >= 0.6 is 0 Å². The molecule has 6 nitrogen and oxygen atoms in total. The molecule has 1 fully saturated rings. The van der Waals surface area contributed by atoms with E-state index >= 15 is 0 Å². The van der Waals surface area contributed by atoms with Gasteiger partial charge in [-0.3, -0.25) is 9.89 Å². The van der Waals surface area contributed by atoms with Gasteiger partial charge in [-0.1, -0.05) is 12.1 Å². The molecule has 0 aromatic heterocycles. The predicted octanol–water partition coefficient (Wildman–Crippen LogP) is 2.49. The summed E-state index contributed by atoms with van der Waals surface area (Å²) < 4.78 is 43.1. The Balaban J connectivity index is 2.03. The van der Waals surface area contributed by atoms with E-state index in [-0.39, 0.29) is 12.1 Å². The lowest BCUT2D eigenvalue weighted by Gasteiger charge is -2.25. The Labute approximate surface area is 171 Å². The van der Waals surface area contributed by atoms with Crippen molar-refractivity contribution in [2.24, 2.45) is 4.99 Å². The third-order valence-corrected chi connectivity index (χ3v) is 4.88. The number of likely N-dealkylation sites (N-methyl/N-ethyl adjacent to an activating group) is 1. The molecule has 1 heterocycles. The molecule has 1 saturated heterocycles. The Kier molecular flexibility index (Phi) is 8.58. The Hall–Kier alpha value is -2.00. The van der Waals surface area contributed by atoms with Gasteiger partial charge in [0.15, 0.2) is 5.96 Å². The molecule has 0 radical (unpaired) electrons. The molecule has 164 valence electrons. The lowest BCUT2D eigenvalue weighted by atomic mass is 10.1. The van der Waals surface area contributed by atoms with Crippen LogP contribution in [0.5, 0.6) is 5.75 Å². The molecule has 1 aromatic rings. The van der Waals surface area contributed by atoms with Crippen LogP contribution in [0.3, 0.4) is 0 Å². The van der Waals surface area contributed by atoms with E-state index in [1.807, 2.05) is 45.3 Å². The molecule has 1 aliphatic rings. The number of aliphatic imine (C=N–C) groups is 1. The minimum absolute atomic E-state index is 0.0471. The van der Waals surface area contributed by atoms with Crippen LogP contribution in [-0.2, 0) is 0 Å². The van der Waals surface area contributed by atoms with Gasteiger partial charge in [0.25, 0.3) is 0 Å². The third kappa shape index (κ3) is 7.74. The number of hydrogen-bond donors (Lipinski definition) is 2. The minimum Gasteiger partial charge on any atom is -0.497 e. The van der Waals surface area contributed by atoms with Crippen LogP contribution in [0.25, 0.3) is 0 Å². The van der Waals surface area contributed by atoms with Crippen LogP contribution in [0, 0.1) is 0 Å². The Morgan fingerprint density at radius 3 is 2.76 bits per heavy atom. The summed E-state index contributed by atoms with van der Waals surface area (Å²) in [6.07, 6.45) is -3.50. The van der Waals surface area contributed by atoms with Gasteiger partial charge >= 0.3 is 6.18 Å². The van der Waals surface area contributed by atoms with Gasteiger partial charge in [0.05, 0.1) is 26.2 Å². The SMILES string of the molecule is CCNC(=NCC(c1cccc(OC)c1)N(C)C)NC1CCN(CC(F)(F)F)C1. The summed E-state index contributed by atoms with van der Waals surface area (Å²) in [5.74, 6) is 1.42. The molecule has 9 heteroatoms. The first kappa shape index (κ1) is 23.3. The molecule has 2 N–H and O–H groups in total. The lowest BCUT2D eigenvalue weighted by molar-refractivity contribution is -0.143. The first-order valence-electron chi connectivity index (χ1n) is 9.86. The van der Waals surface area contributed by atoms with Gasteiger partial charge in [0.2, 0.25) is 0 Å². The summed E-state index contributed by atoms with van der Waals surface area (Å²) in [6, 6.07) is 7.88. The first-order valence-corrected chi connectivity index (χ1v) is 9.86. The van der Waals surface area contributed by atoms with E-state index in [9.17, 15) is 13.2 Å². The zero-order valence-corrected chi connectivity index (χ0v) is 17.6. The summed E-state index contributed by atoms with van der Waals surface area (Å²) in [5.41, 5.74) is 1.09. The lowest BCUT2D eigenvalue weighted by Crippen LogP contribution is -2.45. The van der Waals surface area contributed by atoms with Gasteiger partial charge in [0, 0.05) is 25.7 Å². The van der Waals surface area contributed by atoms with Crippen LogP contribution in [-0.4, -0.2) is 81.9 Å². The topological polar surface area (TPSA) is 52.1 Å². The van der Waals surface area contributed by atoms with E-state index in [2.05, 4.69) is 15.5 Å². The highest BCUT2D eigenvalue weighted by atomic mass is 19.4. The van der Waals surface area contributed by atoms with E-state index in [0.717, 1.165) is 11.3 Å². The second-order valence-electron chi connectivity index (χ2n) is 7.46. The maximum absolute atomic E-state index is 12.6. The summed E-state index contributed by atoms with van der Waals surface area (Å²) in [6.45, 7) is 3.08. The van der Waals surface area contributed by atoms with Crippen LogP contribution in [0.15, 0.2) is 29.3 Å². The van der Waals surface area contributed by atoms with Crippen molar-refractivity contribution >= 4 is 5.96 Å². The molecular weight excluding hydrogens is 383 g/mol. The molecule has 0 bridgehead atoms. The minimum atomic E-state index is -4.16. The molecule has 1 aromatic carbocycles. The van der Waals surface area contributed by atoms with Crippen molar-refractivity contribution in [2.75, 3.05) is 53.9 Å². The average Bonchev–Trinajstić information content (AvgIpc) is 3.06. The summed E-state index contributed by atoms with van der Waals surface area (Å²) in [7, 11) is 5.62. The third-order valence-electron chi connectivity index (χ3n) is 4.88. The van der Waals surface area contributed by atoms with Crippen molar-refractivity contribution < 1.29 is 17.9 Å². The average molecular weight is 416 g/mol. The fourth-order valence-electron chi connectivity index (χ4n) is 3.45. The highest BCUT2D eigenvalue weighted by Crippen LogP contribution is 2.23. The number of nitrogens with one attached hydrogen (secondary N) is 2. The fourth-order valence-corrected chi connectivity index (χ4v) is 3.45. The standard InChI is InChI=1S/C20H32F3N5O/c1-5-24-19(26-16-9-10-28(13-16)14-20(21,22)23)25-12-18(27(2)3)15-7-6-8-17(11-15)29-4/h6-8,11,16,18H,5,9-10,12-14H2,1-4H3,(H2,24,25,26). The maximum atomic E-state index is 12.6. The number of hydrogen-bond acceptors (Lipinski definition) is 4. The number of halogens is 3. The van der Waals surface area contributed by atoms with Gasteiger partial charge in [0.1, 0.15) is 5.75 Å². The maximum Gasteiger partial charge on any atom is 0.401 e. The highest BCUT2D eigenvalue weighted by molar-refractivity contribution is 5.80. The zero-order chi connectivity index (χ0) is 21.4. The Morgan fingerprint density at radius 2 is 2.14 bits per heavy atom. The molecule has 2 unspecified atom stereocenters. The van der Waals surface area contributed by atoms with Gasteiger partial charge in [-0.15, -0.1) is 0 Å². The van der Waals surface area contributed by atoms with Crippen LogP contribution in [0.2, 0.25) is 0 Å². The number of methoxy groups -OCH3 is 1. The molecule has 2 atom stereocenters. The van der Waals surface area contributed by atoms with Gasteiger partial charge in [-0.05, 0) is 45.1 Å². The van der Waals surface area contributed by atoms with Crippen molar-refractivity contribution in [3.05, 3.63) is 29.8 Å². The second kappa shape index (κ2) is 10.7. The van der Waals surface area contributed by atoms with E-state index in [1.54, 1.807) is 7.11 Å². The van der Waals surface area contributed by atoms with Crippen LogP contribution in [0.1, 0.15) is 24.9 Å². The summed E-state index contributed by atoms with van der Waals surface area (Å²) in [5, 5.41) is 6.48. The summed E-state index contributed by atoms with van der Waals surface area (Å²) in [4.78, 5) is 8.22. The molecule has 0 spiro atoms. The normalized spacial score (nSPS) is 19.4. The number of likely N-dealkylation sites (tertiary alicyclic amines) is 1. The van der Waals surface area contributed by atoms with Gasteiger partial charge in [-0.2, -0.15) is 13.2 Å². The molecule has 0 saturated carbocycles. The predicted molar refractivity (Wildman–Crippen MR) is 109 cm³/mol. The zero-order valence-electron chi connectivity index (χ0n) is 17.6. The molecule has 29 heavy (non-hydrogen) atoms. The van der Waals surface area contributed by atoms with Gasteiger partial charge in [-0.25, -0.2) is 0 Å². The number of benzene rings is 1. The fraction of sp³-hybridized carbons (Fsp3) is 0.650. The van der Waals surface area contributed by atoms with Crippen LogP contribution in [0.4, 0.5) is 13.2 Å². The number of ether oxygens (including phenoxy) is 1. The second-order valence-corrected chi connectivity index (χ2v) is 7.46. The summed E-state index contributed by atoms with van der Waals surface area (Å²) >= 11 is 0. The molecular formula is C20H32F3N5O. The highest BCUT2D eigenvalue weighted by Gasteiger charge is 2.34. The Morgan fingerprint density at radius 1 is 1.38 bits per heavy atom. The number of rotatable bonds is 8. The molecule has 1 aliphatic heterocycles. The number of nitrogens with zero attached hydrogens (tertiary/aromatic N) is 3. The molecule has 0 aliphatic carbocycles. The largest absolute Gasteiger partial charge is 0.497 e. The molecule has 0 amide bonds. The monoisotopic (exact) mass is 415 g/mol. The quantitative estimate of drug-likeness (QED) is 0.505. The molecule has 2 rings (SSSR count). The number of alkyl halides is 3. The first-order chi connectivity index (χ1) is 13.7. The van der Waals surface area contributed by atoms with Crippen molar-refractivity contribution in [3.8, 4) is 5.75 Å². The smallest absolute Gasteiger partial charge is 0.401 e. The van der Waals surface area contributed by atoms with Crippen molar-refractivity contribution in [1.82, 2.24) is 20.4 Å². The van der Waals surface area contributed by atoms with E-state index in [1.165, 1.54) is 4.90 Å². The van der Waals surface area contributed by atoms with Crippen molar-refractivity contribution in [3.63, 3.8) is 0 Å². The van der Waals surface area contributed by atoms with E-state index < -0.39 is 12.7 Å². The number of guanidine groups is 1. The van der Waals surface area contributed by atoms with E-state index in [4.69, 9.17) is 9.73 Å². The van der Waals surface area contributed by atoms with E-state index in [0.29, 0.717) is 38.6 Å². The van der Waals surface area contributed by atoms with Crippen molar-refractivity contribution in [1.29, 1.82) is 0 Å². The Bertz CT molecular complexity index is 666. The van der Waals surface area contributed by atoms with Crippen molar-refractivity contribution in [2.45, 2.75) is 31.6 Å².